The number of hydrogen-bond donors (Lipinski definition) is 5. The zero-order chi connectivity index (χ0) is 57.5. The number of aromatic amines is 1. The molecule has 5 N–H and O–H groups in total. The lowest BCUT2D eigenvalue weighted by molar-refractivity contribution is -0.128. The van der Waals surface area contributed by atoms with Crippen LogP contribution < -0.4 is 41.4 Å². The quantitative estimate of drug-likeness (QED) is 0.0307. The number of nitrogens with zero attached hydrogens (tertiary/aromatic N) is 6. The Morgan fingerprint density at radius 1 is 0.843 bits per heavy atom. The maximum Gasteiger partial charge on any atom is 0.328 e. The van der Waals surface area contributed by atoms with Crippen LogP contribution in [0.15, 0.2) is 120 Å². The molecule has 1 atom stereocenters. The first-order chi connectivity index (χ1) is 40.3. The Labute approximate surface area is 482 Å². The Hall–Kier alpha value is -8.41. The largest absolute Gasteiger partial charge is 0.495 e. The number of nitrogens with one attached hydrogen (secondary N) is 5. The topological polar surface area (TPSA) is 217 Å². The summed E-state index contributed by atoms with van der Waals surface area (Å²) in [6, 6.07) is 33.3. The Balaban J connectivity index is 0.800. The van der Waals surface area contributed by atoms with Crippen LogP contribution in [0.25, 0.3) is 32.9 Å². The second kappa shape index (κ2) is 25.0. The van der Waals surface area contributed by atoms with Crippen molar-refractivity contribution in [2.75, 3.05) is 76.1 Å². The van der Waals surface area contributed by atoms with Gasteiger partial charge in [-0.3, -0.25) is 29.4 Å². The number of pyridine rings is 1. The fourth-order valence-corrected chi connectivity index (χ4v) is 11.6. The van der Waals surface area contributed by atoms with Crippen molar-refractivity contribution in [1.29, 1.82) is 0 Å². The summed E-state index contributed by atoms with van der Waals surface area (Å²) in [5, 5.41) is 13.3. The number of ether oxygens (including phenoxy) is 3. The maximum absolute atomic E-state index is 13.2. The fourth-order valence-electron chi connectivity index (χ4n) is 11.6. The number of piperidine rings is 2. The number of carbonyl (C=O) groups is 4. The van der Waals surface area contributed by atoms with Gasteiger partial charge in [0.15, 0.2) is 5.60 Å². The molecular formula is C64H71N11O8. The number of methoxy groups -OCH3 is 1. The highest BCUT2D eigenvalue weighted by atomic mass is 16.6. The number of H-pyrrole nitrogens is 1. The molecule has 4 aliphatic rings. The van der Waals surface area contributed by atoms with Gasteiger partial charge in [-0.25, -0.2) is 14.8 Å². The van der Waals surface area contributed by atoms with Gasteiger partial charge in [0.25, 0.3) is 5.56 Å². The van der Waals surface area contributed by atoms with Crippen molar-refractivity contribution in [3.05, 3.63) is 148 Å². The van der Waals surface area contributed by atoms with Gasteiger partial charge in [0.1, 0.15) is 18.0 Å². The van der Waals surface area contributed by atoms with Crippen molar-refractivity contribution < 1.29 is 33.4 Å². The second-order valence-electron chi connectivity index (χ2n) is 22.3. The number of aryl methyl sites for hydroxylation is 2. The van der Waals surface area contributed by atoms with Gasteiger partial charge in [-0.2, -0.15) is 0 Å². The first-order valence-corrected chi connectivity index (χ1v) is 28.8. The minimum absolute atomic E-state index is 0.000756. The Kier molecular flexibility index (Phi) is 17.0. The van der Waals surface area contributed by atoms with Crippen LogP contribution in [0.3, 0.4) is 0 Å². The van der Waals surface area contributed by atoms with Gasteiger partial charge in [0.05, 0.1) is 49.8 Å². The van der Waals surface area contributed by atoms with E-state index in [1.165, 1.54) is 4.90 Å². The molecule has 4 fully saturated rings. The fraction of sp³-hybridized carbons (Fsp3) is 0.391. The van der Waals surface area contributed by atoms with Crippen LogP contribution in [-0.4, -0.2) is 132 Å². The Morgan fingerprint density at radius 2 is 1.61 bits per heavy atom. The summed E-state index contributed by atoms with van der Waals surface area (Å²) >= 11 is 0. The van der Waals surface area contributed by atoms with Crippen molar-refractivity contribution in [2.45, 2.75) is 88.0 Å². The van der Waals surface area contributed by atoms with Crippen LogP contribution in [0.2, 0.25) is 0 Å². The van der Waals surface area contributed by atoms with Crippen LogP contribution in [0.4, 0.5) is 16.4 Å². The van der Waals surface area contributed by atoms with E-state index in [1.807, 2.05) is 97.2 Å². The average molecular weight is 1120 g/mol. The van der Waals surface area contributed by atoms with E-state index in [1.54, 1.807) is 31.0 Å². The molecule has 11 rings (SSSR count). The van der Waals surface area contributed by atoms with Crippen LogP contribution in [0.1, 0.15) is 80.7 Å². The van der Waals surface area contributed by atoms with Gasteiger partial charge >= 0.3 is 6.03 Å². The molecule has 3 saturated heterocycles. The van der Waals surface area contributed by atoms with Gasteiger partial charge in [0, 0.05) is 98.5 Å². The van der Waals surface area contributed by atoms with Crippen molar-refractivity contribution >= 4 is 57.2 Å². The number of rotatable bonds is 20. The van der Waals surface area contributed by atoms with Crippen LogP contribution in [0.5, 0.6) is 5.75 Å². The number of amides is 5. The third-order valence-electron chi connectivity index (χ3n) is 16.5. The second-order valence-corrected chi connectivity index (χ2v) is 22.3. The van der Waals surface area contributed by atoms with E-state index in [9.17, 15) is 24.0 Å². The molecule has 1 saturated carbocycles. The predicted octanol–water partition coefficient (Wildman–Crippen LogP) is 6.66. The van der Waals surface area contributed by atoms with Crippen LogP contribution in [-0.2, 0) is 42.9 Å². The summed E-state index contributed by atoms with van der Waals surface area (Å²) in [4.78, 5) is 84.0. The monoisotopic (exact) mass is 1120 g/mol. The molecule has 0 radical (unpaired) electrons. The van der Waals surface area contributed by atoms with E-state index in [4.69, 9.17) is 24.2 Å². The minimum Gasteiger partial charge on any atom is -0.495 e. The van der Waals surface area contributed by atoms with E-state index in [-0.39, 0.29) is 74.2 Å². The molecule has 19 nitrogen and oxygen atoms in total. The molecule has 19 heteroatoms. The molecule has 1 aliphatic carbocycles. The minimum atomic E-state index is -1.26. The Morgan fingerprint density at radius 3 is 2.36 bits per heavy atom. The lowest BCUT2D eigenvalue weighted by Gasteiger charge is -2.45. The molecule has 6 heterocycles. The van der Waals surface area contributed by atoms with Crippen LogP contribution in [0, 0.1) is 11.8 Å². The number of urea groups is 1. The van der Waals surface area contributed by atoms with Crippen molar-refractivity contribution in [3.63, 3.8) is 0 Å². The zero-order valence-electron chi connectivity index (χ0n) is 47.3. The molecule has 83 heavy (non-hydrogen) atoms. The average Bonchev–Trinajstić information content (AvgIpc) is 3.50. The number of benzene rings is 4. The number of carbonyl (C=O) groups excluding carboxylic acids is 4. The molecule has 0 spiro atoms. The Bertz CT molecular complexity index is 3630. The first kappa shape index (κ1) is 56.5. The number of aromatic nitrogens is 4. The highest BCUT2D eigenvalue weighted by molar-refractivity contribution is 6.06. The molecular weight excluding hydrogens is 1050 g/mol. The SMILES string of the molecule is COc1ccc(C#CCNC2(C)CCN(C3CCN(c4nc([C@@](COCNC(=O)CNC(=O)CCc5ccccc5)(OC5CC5)c5ccccc5)c5cc(-c6cn(C)c(=O)c7[nH]ccc67)ccc5n4)CC3)CC2)cc1N1CCC(=O)NC1=O. The molecule has 430 valence electrons. The van der Waals surface area contributed by atoms with Crippen molar-refractivity contribution in [3.8, 4) is 28.7 Å². The van der Waals surface area contributed by atoms with Crippen molar-refractivity contribution in [2.24, 2.45) is 7.05 Å². The number of likely N-dealkylation sites (tertiary alicyclic amines) is 1. The summed E-state index contributed by atoms with van der Waals surface area (Å²) in [6.07, 6.45) is 10.2. The number of imide groups is 1. The summed E-state index contributed by atoms with van der Waals surface area (Å²) in [6.45, 7) is 6.13. The van der Waals surface area contributed by atoms with Gasteiger partial charge in [-0.15, -0.1) is 0 Å². The summed E-state index contributed by atoms with van der Waals surface area (Å²) in [5.41, 5.74) is 5.38. The van der Waals surface area contributed by atoms with E-state index in [2.05, 4.69) is 60.9 Å². The molecule has 4 aromatic carbocycles. The standard InChI is InChI=1S/C64H71N11O8/c1-63(68-30-10-13-44-16-22-54(81-3)53(37-44)75-34-27-56(77)70-62(75)80)28-35-73(36-29-63)47-25-32-74(33-26-47)61-69-52-21-18-45(51-40-72(2)60(79)58-49(51)24-31-65-58)38-50(52)59(71-61)64(83-48-19-20-48,46-14-8-5-9-15-46)41-82-42-67-57(78)39-66-55(76)23-17-43-11-6-4-7-12-43/h4-9,11-12,14-16,18,21-22,24,31,37-38,40,47-48,65,68H,17,19-20,23,25-30,32-36,39,41-42H2,1-3H3,(H,66,76)(H,67,78)(H,70,77,80)/t64-/m0/s1. The van der Waals surface area contributed by atoms with Gasteiger partial charge in [0.2, 0.25) is 23.7 Å². The zero-order valence-corrected chi connectivity index (χ0v) is 47.3. The van der Waals surface area contributed by atoms with Gasteiger partial charge in [-0.05, 0) is 105 Å². The number of anilines is 2. The number of fused-ring (bicyclic) bond motifs is 2. The summed E-state index contributed by atoms with van der Waals surface area (Å²) in [7, 11) is 3.31. The van der Waals surface area contributed by atoms with E-state index >= 15 is 0 Å². The first-order valence-electron chi connectivity index (χ1n) is 28.8. The molecule has 5 amide bonds. The summed E-state index contributed by atoms with van der Waals surface area (Å²) < 4.78 is 20.9. The lowest BCUT2D eigenvalue weighted by atomic mass is 9.87. The van der Waals surface area contributed by atoms with Gasteiger partial charge in [-0.1, -0.05) is 78.6 Å². The highest BCUT2D eigenvalue weighted by Crippen LogP contribution is 2.44. The summed E-state index contributed by atoms with van der Waals surface area (Å²) in [5.74, 6) is 6.79. The molecule has 7 aromatic rings. The van der Waals surface area contributed by atoms with Crippen LogP contribution >= 0.6 is 0 Å². The van der Waals surface area contributed by atoms with E-state index in [0.29, 0.717) is 47.6 Å². The van der Waals surface area contributed by atoms with E-state index in [0.717, 1.165) is 109 Å². The molecule has 3 aliphatic heterocycles. The molecule has 3 aromatic heterocycles. The molecule has 0 unspecified atom stereocenters. The van der Waals surface area contributed by atoms with Crippen molar-refractivity contribution in [1.82, 2.24) is 45.7 Å². The normalized spacial score (nSPS) is 17.4. The highest BCUT2D eigenvalue weighted by Gasteiger charge is 2.45. The number of hydrogen-bond acceptors (Lipinski definition) is 13. The van der Waals surface area contributed by atoms with E-state index < -0.39 is 11.6 Å². The third-order valence-corrected chi connectivity index (χ3v) is 16.5. The molecule has 0 bridgehead atoms. The third kappa shape index (κ3) is 13.0. The smallest absolute Gasteiger partial charge is 0.328 e. The lowest BCUT2D eigenvalue weighted by Crippen LogP contribution is -2.55. The maximum atomic E-state index is 13.2. The van der Waals surface area contributed by atoms with Gasteiger partial charge < -0.3 is 49.5 Å². The predicted molar refractivity (Wildman–Crippen MR) is 318 cm³/mol.